The number of piperidine rings is 1. The molecule has 1 aromatic heterocycles. The largest absolute Gasteiger partial charge is 0.408 e. The van der Waals surface area contributed by atoms with Crippen molar-refractivity contribution in [1.29, 1.82) is 0 Å². The molecule has 0 N–H and O–H groups in total. The molecule has 1 fully saturated rings. The van der Waals surface area contributed by atoms with E-state index >= 15 is 0 Å². The molecule has 1 aliphatic rings. The Morgan fingerprint density at radius 2 is 1.96 bits per heavy atom. The van der Waals surface area contributed by atoms with Gasteiger partial charge in [-0.15, -0.1) is 6.58 Å². The van der Waals surface area contributed by atoms with Gasteiger partial charge < -0.3 is 4.90 Å². The Morgan fingerprint density at radius 3 is 2.46 bits per heavy atom. The fourth-order valence-electron chi connectivity index (χ4n) is 3.41. The van der Waals surface area contributed by atoms with Gasteiger partial charge in [0.1, 0.15) is 6.54 Å². The van der Waals surface area contributed by atoms with Gasteiger partial charge in [-0.25, -0.2) is 0 Å². The third-order valence-corrected chi connectivity index (χ3v) is 4.75. The van der Waals surface area contributed by atoms with Crippen molar-refractivity contribution in [2.24, 2.45) is 5.92 Å². The van der Waals surface area contributed by atoms with Gasteiger partial charge >= 0.3 is 6.18 Å². The first kappa shape index (κ1) is 18.5. The lowest BCUT2D eigenvalue weighted by molar-refractivity contribution is -0.143. The highest BCUT2D eigenvalue weighted by molar-refractivity contribution is 5.84. The maximum absolute atomic E-state index is 12.7. The molecule has 0 unspecified atom stereocenters. The highest BCUT2D eigenvalue weighted by atomic mass is 19.4. The van der Waals surface area contributed by atoms with E-state index in [0.717, 1.165) is 17.5 Å². The van der Waals surface area contributed by atoms with Gasteiger partial charge in [-0.1, -0.05) is 6.08 Å². The summed E-state index contributed by atoms with van der Waals surface area (Å²) in [6, 6.07) is 0. The molecule has 0 aromatic carbocycles. The average molecular weight is 343 g/mol. The molecule has 134 valence electrons. The summed E-state index contributed by atoms with van der Waals surface area (Å²) in [6.07, 6.45) is -0.651. The second-order valence-electron chi connectivity index (χ2n) is 6.48. The average Bonchev–Trinajstić information content (AvgIpc) is 2.78. The number of aromatic nitrogens is 2. The van der Waals surface area contributed by atoms with E-state index in [1.165, 1.54) is 0 Å². The summed E-state index contributed by atoms with van der Waals surface area (Å²) in [6.45, 7) is 8.97. The van der Waals surface area contributed by atoms with Crippen molar-refractivity contribution in [2.45, 2.75) is 52.3 Å². The van der Waals surface area contributed by atoms with Crippen LogP contribution in [-0.2, 0) is 11.3 Å². The Balaban J connectivity index is 2.16. The Bertz CT molecular complexity index is 613. The first-order chi connectivity index (χ1) is 11.1. The summed E-state index contributed by atoms with van der Waals surface area (Å²) < 4.78 is 38.9. The molecule has 1 amide bonds. The number of hydrogen-bond acceptors (Lipinski definition) is 2. The zero-order valence-electron chi connectivity index (χ0n) is 14.4. The number of amides is 1. The molecule has 1 atom stereocenters. The molecule has 2 rings (SSSR count). The van der Waals surface area contributed by atoms with Crippen LogP contribution in [0.25, 0.3) is 0 Å². The van der Waals surface area contributed by atoms with Gasteiger partial charge in [0, 0.05) is 24.3 Å². The number of alkyl halides is 3. The number of carbonyl (C=O) groups is 1. The number of hydrogen-bond donors (Lipinski definition) is 0. The molecule has 2 heterocycles. The first-order valence-electron chi connectivity index (χ1n) is 8.16. The normalized spacial score (nSPS) is 17.8. The Morgan fingerprint density at radius 1 is 1.38 bits per heavy atom. The van der Waals surface area contributed by atoms with Gasteiger partial charge in [0.2, 0.25) is 5.91 Å². The van der Waals surface area contributed by atoms with Crippen molar-refractivity contribution in [1.82, 2.24) is 14.7 Å². The number of aryl methyl sites for hydroxylation is 1. The predicted molar refractivity (Wildman–Crippen MR) is 85.7 cm³/mol. The van der Waals surface area contributed by atoms with E-state index in [-0.39, 0.29) is 5.91 Å². The lowest BCUT2D eigenvalue weighted by atomic mass is 9.93. The van der Waals surface area contributed by atoms with Crippen molar-refractivity contribution < 1.29 is 18.0 Å². The van der Waals surface area contributed by atoms with Gasteiger partial charge in [0.05, 0.1) is 11.6 Å². The number of carbonyl (C=O) groups excluding carboxylic acids is 1. The highest BCUT2D eigenvalue weighted by Gasteiger charge is 2.33. The zero-order chi connectivity index (χ0) is 18.1. The van der Waals surface area contributed by atoms with E-state index in [4.69, 9.17) is 0 Å². The molecule has 1 aliphatic heterocycles. The molecule has 0 spiro atoms. The smallest absolute Gasteiger partial charge is 0.342 e. The van der Waals surface area contributed by atoms with Crippen LogP contribution in [0.4, 0.5) is 13.2 Å². The minimum atomic E-state index is -4.33. The van der Waals surface area contributed by atoms with Crippen LogP contribution in [0.3, 0.4) is 0 Å². The highest BCUT2D eigenvalue weighted by Crippen LogP contribution is 2.29. The molecule has 1 aromatic rings. The molecule has 0 radical (unpaired) electrons. The fourth-order valence-corrected chi connectivity index (χ4v) is 3.41. The molecule has 7 heteroatoms. The lowest BCUT2D eigenvalue weighted by Crippen LogP contribution is -2.40. The summed E-state index contributed by atoms with van der Waals surface area (Å²) in [5, 5.41) is 3.98. The molecule has 0 bridgehead atoms. The topological polar surface area (TPSA) is 38.1 Å². The van der Waals surface area contributed by atoms with E-state index in [1.54, 1.807) is 25.7 Å². The standard InChI is InChI=1S/C17H24F3N3O/c1-5-14-6-8-22(9-7-14)16(24)11(2)15-12(3)21-23(13(15)4)10-17(18,19)20/h5,11,14H,1,6-10H2,2-4H3/t11-/m0/s1. The lowest BCUT2D eigenvalue weighted by Gasteiger charge is -2.32. The van der Waals surface area contributed by atoms with Crippen molar-refractivity contribution in [3.05, 3.63) is 29.6 Å². The fraction of sp³-hybridized carbons (Fsp3) is 0.647. The van der Waals surface area contributed by atoms with Crippen molar-refractivity contribution in [3.8, 4) is 0 Å². The van der Waals surface area contributed by atoms with Gasteiger partial charge in [-0.3, -0.25) is 9.48 Å². The van der Waals surface area contributed by atoms with Crippen molar-refractivity contribution in [2.75, 3.05) is 13.1 Å². The zero-order valence-corrected chi connectivity index (χ0v) is 14.4. The van der Waals surface area contributed by atoms with Gasteiger partial charge in [-0.05, 0) is 39.5 Å². The minimum Gasteiger partial charge on any atom is -0.342 e. The van der Waals surface area contributed by atoms with Crippen LogP contribution in [-0.4, -0.2) is 39.9 Å². The predicted octanol–water partition coefficient (Wildman–Crippen LogP) is 3.59. The van der Waals surface area contributed by atoms with Gasteiger partial charge in [0.25, 0.3) is 0 Å². The molecule has 0 saturated carbocycles. The summed E-state index contributed by atoms with van der Waals surface area (Å²) in [4.78, 5) is 14.5. The first-order valence-corrected chi connectivity index (χ1v) is 8.16. The van der Waals surface area contributed by atoms with E-state index < -0.39 is 18.6 Å². The second kappa shape index (κ2) is 6.99. The Kier molecular flexibility index (Phi) is 5.40. The van der Waals surface area contributed by atoms with E-state index in [1.807, 2.05) is 6.08 Å². The van der Waals surface area contributed by atoms with Crippen LogP contribution in [0.15, 0.2) is 12.7 Å². The number of halogens is 3. The maximum Gasteiger partial charge on any atom is 0.408 e. The summed E-state index contributed by atoms with van der Waals surface area (Å²) in [5.41, 5.74) is 1.50. The van der Waals surface area contributed by atoms with Gasteiger partial charge in [0.15, 0.2) is 0 Å². The molecular formula is C17H24F3N3O. The third kappa shape index (κ3) is 3.99. The van der Waals surface area contributed by atoms with Gasteiger partial charge in [-0.2, -0.15) is 18.3 Å². The van der Waals surface area contributed by atoms with Crippen LogP contribution >= 0.6 is 0 Å². The monoisotopic (exact) mass is 343 g/mol. The van der Waals surface area contributed by atoms with Crippen molar-refractivity contribution >= 4 is 5.91 Å². The number of likely N-dealkylation sites (tertiary alicyclic amines) is 1. The summed E-state index contributed by atoms with van der Waals surface area (Å²) in [5.74, 6) is -0.107. The molecule has 1 saturated heterocycles. The Hall–Kier alpha value is -1.79. The quantitative estimate of drug-likeness (QED) is 0.784. The maximum atomic E-state index is 12.7. The van der Waals surface area contributed by atoms with Crippen LogP contribution < -0.4 is 0 Å². The molecular weight excluding hydrogens is 319 g/mol. The van der Waals surface area contributed by atoms with Crippen LogP contribution in [0.5, 0.6) is 0 Å². The Labute approximate surface area is 140 Å². The second-order valence-corrected chi connectivity index (χ2v) is 6.48. The summed E-state index contributed by atoms with van der Waals surface area (Å²) >= 11 is 0. The summed E-state index contributed by atoms with van der Waals surface area (Å²) in [7, 11) is 0. The van der Waals surface area contributed by atoms with Crippen LogP contribution in [0, 0.1) is 19.8 Å². The minimum absolute atomic E-state index is 0.0460. The molecule has 4 nitrogen and oxygen atoms in total. The van der Waals surface area contributed by atoms with E-state index in [9.17, 15) is 18.0 Å². The molecule has 24 heavy (non-hydrogen) atoms. The molecule has 0 aliphatic carbocycles. The number of allylic oxidation sites excluding steroid dienone is 1. The van der Waals surface area contributed by atoms with E-state index in [0.29, 0.717) is 36.0 Å². The number of nitrogens with zero attached hydrogens (tertiary/aromatic N) is 3. The third-order valence-electron chi connectivity index (χ3n) is 4.75. The van der Waals surface area contributed by atoms with Crippen LogP contribution in [0.1, 0.15) is 42.6 Å². The SMILES string of the molecule is C=CC1CCN(C(=O)[C@@H](C)c2c(C)nn(CC(F)(F)F)c2C)CC1. The van der Waals surface area contributed by atoms with E-state index in [2.05, 4.69) is 11.7 Å². The van der Waals surface area contributed by atoms with Crippen molar-refractivity contribution in [3.63, 3.8) is 0 Å². The van der Waals surface area contributed by atoms with Crippen LogP contribution in [0.2, 0.25) is 0 Å². The number of rotatable bonds is 4.